The van der Waals surface area contributed by atoms with Gasteiger partial charge in [0.2, 0.25) is 6.04 Å². The van der Waals surface area contributed by atoms with Crippen LogP contribution in [0, 0.1) is 6.57 Å². The predicted octanol–water partition coefficient (Wildman–Crippen LogP) is 4.08. The molecule has 0 heterocycles. The van der Waals surface area contributed by atoms with Crippen molar-refractivity contribution in [2.24, 2.45) is 0 Å². The van der Waals surface area contributed by atoms with E-state index in [2.05, 4.69) is 20.8 Å². The van der Waals surface area contributed by atoms with Crippen LogP contribution in [0.3, 0.4) is 0 Å². The zero-order valence-electron chi connectivity index (χ0n) is 6.51. The van der Waals surface area contributed by atoms with Gasteiger partial charge < -0.3 is 4.85 Å². The van der Waals surface area contributed by atoms with Gasteiger partial charge in [0.15, 0.2) is 0 Å². The summed E-state index contributed by atoms with van der Waals surface area (Å²) >= 11 is 9.16. The van der Waals surface area contributed by atoms with E-state index in [1.165, 1.54) is 0 Å². The molecule has 1 atom stereocenters. The maximum atomic E-state index is 6.84. The molecule has 0 saturated carbocycles. The molecule has 0 saturated heterocycles. The van der Waals surface area contributed by atoms with Crippen LogP contribution in [-0.2, 0) is 0 Å². The Balaban J connectivity index is 3.06. The molecule has 3 heteroatoms. The Morgan fingerprint density at radius 3 is 2.75 bits per heavy atom. The summed E-state index contributed by atoms with van der Waals surface area (Å²) in [5.74, 6) is 0. The molecule has 0 radical (unpaired) electrons. The van der Waals surface area contributed by atoms with Crippen molar-refractivity contribution in [3.63, 3.8) is 0 Å². The van der Waals surface area contributed by atoms with Crippen molar-refractivity contribution < 1.29 is 0 Å². The minimum atomic E-state index is -0.115. The summed E-state index contributed by atoms with van der Waals surface area (Å²) in [6.45, 7) is 8.69. The van der Waals surface area contributed by atoms with Gasteiger partial charge in [0.25, 0.3) is 0 Å². The van der Waals surface area contributed by atoms with E-state index < -0.39 is 0 Å². The van der Waals surface area contributed by atoms with Crippen LogP contribution in [0.25, 0.3) is 4.85 Å². The van der Waals surface area contributed by atoms with Gasteiger partial charge in [0.1, 0.15) is 0 Å². The van der Waals surface area contributed by atoms with Crippen LogP contribution in [-0.4, -0.2) is 0 Å². The molecule has 1 nitrogen and oxygen atoms in total. The van der Waals surface area contributed by atoms with Gasteiger partial charge in [0.05, 0.1) is 5.02 Å². The first-order valence-electron chi connectivity index (χ1n) is 3.46. The molecule has 1 aromatic rings. The molecule has 1 rings (SSSR count). The normalized spacial score (nSPS) is 12.2. The number of rotatable bonds is 1. The van der Waals surface area contributed by atoms with Gasteiger partial charge in [-0.1, -0.05) is 17.7 Å². The highest BCUT2D eigenvalue weighted by atomic mass is 79.9. The van der Waals surface area contributed by atoms with E-state index in [0.29, 0.717) is 5.02 Å². The van der Waals surface area contributed by atoms with E-state index in [-0.39, 0.29) is 6.04 Å². The zero-order valence-corrected chi connectivity index (χ0v) is 8.85. The molecule has 0 amide bonds. The fourth-order valence-corrected chi connectivity index (χ4v) is 1.28. The summed E-state index contributed by atoms with van der Waals surface area (Å²) in [6.07, 6.45) is 0. The second-order valence-electron chi connectivity index (χ2n) is 2.48. The minimum absolute atomic E-state index is 0.115. The average Bonchev–Trinajstić information content (AvgIpc) is 2.08. The lowest BCUT2D eigenvalue weighted by atomic mass is 10.1. The van der Waals surface area contributed by atoms with Crippen molar-refractivity contribution in [3.05, 3.63) is 44.7 Å². The number of hydrogen-bond donors (Lipinski definition) is 0. The van der Waals surface area contributed by atoms with Crippen molar-refractivity contribution in [1.29, 1.82) is 0 Å². The highest BCUT2D eigenvalue weighted by Gasteiger charge is 2.09. The van der Waals surface area contributed by atoms with Crippen LogP contribution in [0.4, 0.5) is 0 Å². The Hall–Kier alpha value is -0.520. The first-order chi connectivity index (χ1) is 5.65. The first-order valence-corrected chi connectivity index (χ1v) is 4.63. The van der Waals surface area contributed by atoms with Crippen molar-refractivity contribution in [2.75, 3.05) is 0 Å². The molecule has 0 aliphatic carbocycles. The third-order valence-electron chi connectivity index (χ3n) is 1.62. The van der Waals surface area contributed by atoms with E-state index in [0.717, 1.165) is 10.0 Å². The number of hydrogen-bond acceptors (Lipinski definition) is 0. The Morgan fingerprint density at radius 1 is 1.58 bits per heavy atom. The minimum Gasteiger partial charge on any atom is -0.309 e. The summed E-state index contributed by atoms with van der Waals surface area (Å²) in [5, 5.41) is 0.656. The fourth-order valence-electron chi connectivity index (χ4n) is 0.847. The maximum Gasteiger partial charge on any atom is 0.246 e. The second-order valence-corrected chi connectivity index (χ2v) is 3.74. The van der Waals surface area contributed by atoms with Crippen molar-refractivity contribution in [2.45, 2.75) is 13.0 Å². The molecule has 12 heavy (non-hydrogen) atoms. The highest BCUT2D eigenvalue weighted by Crippen LogP contribution is 2.27. The van der Waals surface area contributed by atoms with Crippen LogP contribution in [0.15, 0.2) is 22.7 Å². The predicted molar refractivity (Wildman–Crippen MR) is 54.2 cm³/mol. The maximum absolute atomic E-state index is 6.84. The van der Waals surface area contributed by atoms with E-state index in [4.69, 9.17) is 18.2 Å². The van der Waals surface area contributed by atoms with Crippen molar-refractivity contribution >= 4 is 27.5 Å². The Bertz CT molecular complexity index is 330. The molecule has 0 spiro atoms. The van der Waals surface area contributed by atoms with Crippen LogP contribution in [0.1, 0.15) is 18.5 Å². The van der Waals surface area contributed by atoms with E-state index in [1.54, 1.807) is 0 Å². The summed E-state index contributed by atoms with van der Waals surface area (Å²) < 4.78 is 0.866. The lowest BCUT2D eigenvalue weighted by Gasteiger charge is -2.01. The molecular formula is C9H7BrClN. The standard InChI is InChI=1S/C9H7BrClN/c1-6(12-2)7-3-4-8(10)9(11)5-7/h3-6H,1H3. The third-order valence-corrected chi connectivity index (χ3v) is 2.85. The second kappa shape index (κ2) is 3.93. The van der Waals surface area contributed by atoms with Crippen molar-refractivity contribution in [1.82, 2.24) is 0 Å². The van der Waals surface area contributed by atoms with Crippen LogP contribution in [0.5, 0.6) is 0 Å². The zero-order chi connectivity index (χ0) is 9.14. The van der Waals surface area contributed by atoms with E-state index in [9.17, 15) is 0 Å². The number of benzene rings is 1. The topological polar surface area (TPSA) is 4.36 Å². The summed E-state index contributed by atoms with van der Waals surface area (Å²) in [5.41, 5.74) is 0.957. The largest absolute Gasteiger partial charge is 0.309 e. The van der Waals surface area contributed by atoms with Gasteiger partial charge in [-0.3, -0.25) is 0 Å². The van der Waals surface area contributed by atoms with E-state index in [1.807, 2.05) is 25.1 Å². The summed E-state index contributed by atoms with van der Waals surface area (Å²) in [7, 11) is 0. The summed E-state index contributed by atoms with van der Waals surface area (Å²) in [4.78, 5) is 3.41. The molecule has 1 aromatic carbocycles. The van der Waals surface area contributed by atoms with Crippen LogP contribution < -0.4 is 0 Å². The van der Waals surface area contributed by atoms with Crippen molar-refractivity contribution in [3.8, 4) is 0 Å². The molecule has 0 bridgehead atoms. The van der Waals surface area contributed by atoms with Gasteiger partial charge >= 0.3 is 0 Å². The Labute approximate surface area is 85.3 Å². The molecule has 0 N–H and O–H groups in total. The fraction of sp³-hybridized carbons (Fsp3) is 0.222. The molecule has 1 unspecified atom stereocenters. The van der Waals surface area contributed by atoms with Gasteiger partial charge in [-0.2, -0.15) is 0 Å². The lowest BCUT2D eigenvalue weighted by Crippen LogP contribution is -1.86. The quantitative estimate of drug-likeness (QED) is 0.656. The molecule has 62 valence electrons. The summed E-state index contributed by atoms with van der Waals surface area (Å²) in [6, 6.07) is 5.46. The van der Waals surface area contributed by atoms with E-state index >= 15 is 0 Å². The third kappa shape index (κ3) is 2.00. The SMILES string of the molecule is [C-]#[N+]C(C)c1ccc(Br)c(Cl)c1. The monoisotopic (exact) mass is 243 g/mol. The van der Waals surface area contributed by atoms with Gasteiger partial charge in [-0.15, -0.1) is 0 Å². The average molecular weight is 245 g/mol. The Morgan fingerprint density at radius 2 is 2.25 bits per heavy atom. The number of halogens is 2. The molecule has 0 aliphatic heterocycles. The van der Waals surface area contributed by atoms with Crippen LogP contribution in [0.2, 0.25) is 5.02 Å². The smallest absolute Gasteiger partial charge is 0.246 e. The lowest BCUT2D eigenvalue weighted by molar-refractivity contribution is 0.961. The van der Waals surface area contributed by atoms with Gasteiger partial charge in [0, 0.05) is 17.0 Å². The van der Waals surface area contributed by atoms with Gasteiger partial charge in [-0.25, -0.2) is 6.57 Å². The van der Waals surface area contributed by atoms with Crippen LogP contribution >= 0.6 is 27.5 Å². The first kappa shape index (κ1) is 9.57. The molecule has 0 aliphatic rings. The number of nitrogens with zero attached hydrogens (tertiary/aromatic N) is 1. The highest BCUT2D eigenvalue weighted by molar-refractivity contribution is 9.10. The molecular weight excluding hydrogens is 237 g/mol. The van der Waals surface area contributed by atoms with Gasteiger partial charge in [-0.05, 0) is 28.1 Å². The molecule has 0 fully saturated rings. The molecule has 0 aromatic heterocycles. The Kier molecular flexibility index (Phi) is 3.13.